The van der Waals surface area contributed by atoms with Crippen LogP contribution in [0.25, 0.3) is 98.4 Å². The molecular formula is C80H66N4. The first kappa shape index (κ1) is 49.2. The Bertz CT molecular complexity index is 4730. The van der Waals surface area contributed by atoms with E-state index in [0.717, 1.165) is 0 Å². The van der Waals surface area contributed by atoms with Gasteiger partial charge in [-0.15, -0.1) is 0 Å². The number of rotatable bonds is 10. The molecule has 0 radical (unpaired) electrons. The molecule has 406 valence electrons. The predicted molar refractivity (Wildman–Crippen MR) is 357 cm³/mol. The normalized spacial score (nSPS) is 14.4. The SMILES string of the molecule is Cc1cc(C)cc(N(c2ccc(C3CCCC3)cc2-c2ccccc2)c2ccc3c4cc5c(cc4n4c6ccccc6c2c34)c2ccc(N(c3cc(C)cc(C)c3)c3ccc(C4CCCC4)cc3-c3ccccc3)c3c4ccccc4n5c23)c1. The summed E-state index contributed by atoms with van der Waals surface area (Å²) in [6.45, 7) is 8.96. The Morgan fingerprint density at radius 1 is 0.310 bits per heavy atom. The van der Waals surface area contributed by atoms with Gasteiger partial charge in [0.25, 0.3) is 0 Å². The van der Waals surface area contributed by atoms with E-state index >= 15 is 0 Å². The summed E-state index contributed by atoms with van der Waals surface area (Å²) in [6.07, 6.45) is 10.3. The van der Waals surface area contributed by atoms with Crippen molar-refractivity contribution >= 4 is 110 Å². The molecule has 17 rings (SSSR count). The van der Waals surface area contributed by atoms with Crippen LogP contribution < -0.4 is 9.80 Å². The number of benzene rings is 11. The van der Waals surface area contributed by atoms with Gasteiger partial charge in [-0.3, -0.25) is 0 Å². The fourth-order valence-electron chi connectivity index (χ4n) is 16.0. The van der Waals surface area contributed by atoms with Crippen LogP contribution in [0.1, 0.15) is 96.6 Å². The minimum atomic E-state index is 0.596. The first-order valence-corrected chi connectivity index (χ1v) is 30.8. The molecule has 0 bridgehead atoms. The first-order valence-electron chi connectivity index (χ1n) is 30.8. The molecule has 2 fully saturated rings. The van der Waals surface area contributed by atoms with Crippen LogP contribution in [-0.2, 0) is 0 Å². The van der Waals surface area contributed by atoms with Crippen molar-refractivity contribution in [3.05, 3.63) is 252 Å². The van der Waals surface area contributed by atoms with Crippen LogP contribution in [0, 0.1) is 27.7 Å². The molecule has 0 unspecified atom stereocenters. The monoisotopic (exact) mass is 1080 g/mol. The number of anilines is 6. The average Bonchev–Trinajstić information content (AvgIpc) is 2.81. The summed E-state index contributed by atoms with van der Waals surface area (Å²) in [5, 5.41) is 10.1. The van der Waals surface area contributed by atoms with E-state index in [9.17, 15) is 0 Å². The van der Waals surface area contributed by atoms with Crippen LogP contribution in [0.2, 0.25) is 0 Å². The molecule has 11 aromatic carbocycles. The molecule has 2 aliphatic carbocycles. The lowest BCUT2D eigenvalue weighted by Crippen LogP contribution is -2.13. The minimum absolute atomic E-state index is 0.596. The van der Waals surface area contributed by atoms with E-state index in [4.69, 9.17) is 0 Å². The molecule has 0 atom stereocenters. The summed E-state index contributed by atoms with van der Waals surface area (Å²) in [6, 6.07) is 84.3. The highest BCUT2D eigenvalue weighted by atomic mass is 15.2. The molecule has 0 spiro atoms. The zero-order chi connectivity index (χ0) is 55.9. The van der Waals surface area contributed by atoms with Gasteiger partial charge < -0.3 is 18.6 Å². The van der Waals surface area contributed by atoms with Crippen molar-refractivity contribution in [2.24, 2.45) is 0 Å². The zero-order valence-corrected chi connectivity index (χ0v) is 48.4. The van der Waals surface area contributed by atoms with Gasteiger partial charge in [-0.1, -0.05) is 159 Å². The van der Waals surface area contributed by atoms with Crippen molar-refractivity contribution in [1.82, 2.24) is 8.80 Å². The molecule has 0 N–H and O–H groups in total. The van der Waals surface area contributed by atoms with Crippen molar-refractivity contribution in [1.29, 1.82) is 0 Å². The molecular weight excluding hydrogens is 1020 g/mol. The maximum atomic E-state index is 2.60. The van der Waals surface area contributed by atoms with Crippen LogP contribution in [0.15, 0.2) is 218 Å². The van der Waals surface area contributed by atoms with E-state index in [1.54, 1.807) is 0 Å². The van der Waals surface area contributed by atoms with Crippen LogP contribution in [0.4, 0.5) is 34.1 Å². The van der Waals surface area contributed by atoms with Gasteiger partial charge in [0.05, 0.1) is 55.8 Å². The van der Waals surface area contributed by atoms with Crippen molar-refractivity contribution in [3.8, 4) is 22.3 Å². The Morgan fingerprint density at radius 2 is 0.679 bits per heavy atom. The third-order valence-electron chi connectivity index (χ3n) is 19.5. The Kier molecular flexibility index (Phi) is 11.2. The minimum Gasteiger partial charge on any atom is -0.309 e. The van der Waals surface area contributed by atoms with E-state index in [-0.39, 0.29) is 0 Å². The molecule has 0 aliphatic heterocycles. The number of para-hydroxylation sites is 2. The summed E-state index contributed by atoms with van der Waals surface area (Å²) in [5.41, 5.74) is 27.5. The van der Waals surface area contributed by atoms with E-state index in [1.807, 2.05) is 0 Å². The maximum absolute atomic E-state index is 2.60. The van der Waals surface area contributed by atoms with Crippen molar-refractivity contribution < 1.29 is 0 Å². The van der Waals surface area contributed by atoms with Crippen LogP contribution >= 0.6 is 0 Å². The zero-order valence-electron chi connectivity index (χ0n) is 48.4. The summed E-state index contributed by atoms with van der Waals surface area (Å²) < 4.78 is 5.19. The lowest BCUT2D eigenvalue weighted by Gasteiger charge is -2.30. The highest BCUT2D eigenvalue weighted by molar-refractivity contribution is 6.32. The standard InChI is InChI=1S/C80H66N4/c1-49-39-50(2)42-59(41-49)81(71-35-31-57(53-19-11-12-20-53)45-65(71)55-23-7-5-8-24-55)73-37-33-61-67-47-76-68(48-75(67)83-69-29-17-15-27-63(69)77(73)79(61)83)62-34-38-74(78-64-28-16-18-30-70(64)84(76)80(62)78)82(60-43-51(3)40-52(4)44-60)72-36-32-58(54-21-13-14-22-54)46-66(72)56-25-9-6-10-26-56/h5-10,15-18,23-48,53-54H,11-14,19-22H2,1-4H3. The highest BCUT2D eigenvalue weighted by Crippen LogP contribution is 2.54. The van der Waals surface area contributed by atoms with Gasteiger partial charge >= 0.3 is 0 Å². The largest absolute Gasteiger partial charge is 0.309 e. The lowest BCUT2D eigenvalue weighted by atomic mass is 9.92. The summed E-state index contributed by atoms with van der Waals surface area (Å²) in [4.78, 5) is 5.18. The average molecular weight is 1080 g/mol. The summed E-state index contributed by atoms with van der Waals surface area (Å²) >= 11 is 0. The van der Waals surface area contributed by atoms with Gasteiger partial charge in [-0.05, 0) is 195 Å². The Balaban J connectivity index is 0.923. The molecule has 4 heteroatoms. The van der Waals surface area contributed by atoms with Gasteiger partial charge in [-0.25, -0.2) is 0 Å². The maximum Gasteiger partial charge on any atom is 0.0641 e. The van der Waals surface area contributed by atoms with Gasteiger partial charge in [0.2, 0.25) is 0 Å². The molecule has 2 saturated carbocycles. The number of aromatic nitrogens is 2. The Hall–Kier alpha value is -9.38. The van der Waals surface area contributed by atoms with E-state index in [2.05, 4.69) is 265 Å². The smallest absolute Gasteiger partial charge is 0.0641 e. The fourth-order valence-corrected chi connectivity index (χ4v) is 16.0. The third kappa shape index (κ3) is 7.52. The fraction of sp³-hybridized carbons (Fsp3) is 0.175. The van der Waals surface area contributed by atoms with Gasteiger partial charge in [0.1, 0.15) is 0 Å². The van der Waals surface area contributed by atoms with Crippen molar-refractivity contribution in [3.63, 3.8) is 0 Å². The number of hydrogen-bond donors (Lipinski definition) is 0. The van der Waals surface area contributed by atoms with Gasteiger partial charge in [0, 0.05) is 65.6 Å². The number of aryl methyl sites for hydroxylation is 4. The number of nitrogens with zero attached hydrogens (tertiary/aromatic N) is 4. The molecule has 4 aromatic heterocycles. The molecule has 0 amide bonds. The number of hydrogen-bond acceptors (Lipinski definition) is 2. The second-order valence-corrected chi connectivity index (χ2v) is 24.9. The Labute approximate surface area is 491 Å². The molecule has 84 heavy (non-hydrogen) atoms. The van der Waals surface area contributed by atoms with Crippen molar-refractivity contribution in [2.45, 2.75) is 90.9 Å². The topological polar surface area (TPSA) is 15.3 Å². The van der Waals surface area contributed by atoms with E-state index in [0.29, 0.717) is 11.8 Å². The van der Waals surface area contributed by atoms with Crippen molar-refractivity contribution in [2.75, 3.05) is 9.80 Å². The van der Waals surface area contributed by atoms with Gasteiger partial charge in [0.15, 0.2) is 0 Å². The number of fused-ring (bicyclic) bond motifs is 12. The van der Waals surface area contributed by atoms with E-state index < -0.39 is 0 Å². The highest BCUT2D eigenvalue weighted by Gasteiger charge is 2.31. The second kappa shape index (κ2) is 19.1. The molecule has 2 aliphatic rings. The van der Waals surface area contributed by atoms with E-state index in [1.165, 1.54) is 217 Å². The molecule has 4 nitrogen and oxygen atoms in total. The first-order chi connectivity index (χ1) is 41.3. The summed E-state index contributed by atoms with van der Waals surface area (Å²) in [5.74, 6) is 1.19. The third-order valence-corrected chi connectivity index (χ3v) is 19.5. The van der Waals surface area contributed by atoms with Crippen LogP contribution in [0.5, 0.6) is 0 Å². The van der Waals surface area contributed by atoms with Crippen LogP contribution in [-0.4, -0.2) is 8.80 Å². The lowest BCUT2D eigenvalue weighted by molar-refractivity contribution is 0.723. The van der Waals surface area contributed by atoms with Gasteiger partial charge in [-0.2, -0.15) is 0 Å². The quantitative estimate of drug-likeness (QED) is 0.136. The second-order valence-electron chi connectivity index (χ2n) is 24.9. The Morgan fingerprint density at radius 3 is 1.08 bits per heavy atom. The van der Waals surface area contributed by atoms with Crippen LogP contribution in [0.3, 0.4) is 0 Å². The molecule has 0 saturated heterocycles. The molecule has 15 aromatic rings. The predicted octanol–water partition coefficient (Wildman–Crippen LogP) is 22.8. The molecule has 4 heterocycles. The summed E-state index contributed by atoms with van der Waals surface area (Å²) in [7, 11) is 0.